The van der Waals surface area contributed by atoms with Gasteiger partial charge in [-0.15, -0.1) is 5.69 Å². The summed E-state index contributed by atoms with van der Waals surface area (Å²) in [5.41, 5.74) is 9.57. The van der Waals surface area contributed by atoms with Crippen molar-refractivity contribution in [2.75, 3.05) is 0 Å². The molecule has 0 radical (unpaired) electrons. The van der Waals surface area contributed by atoms with E-state index >= 15 is 0 Å². The van der Waals surface area contributed by atoms with Gasteiger partial charge in [-0.25, -0.2) is 0 Å². The number of fused-ring (bicyclic) bond motifs is 5. The number of aromatic nitrogens is 5. The van der Waals surface area contributed by atoms with E-state index in [1.165, 1.54) is 5.56 Å². The van der Waals surface area contributed by atoms with Gasteiger partial charge in [0.05, 0.1) is 22.4 Å². The van der Waals surface area contributed by atoms with Crippen molar-refractivity contribution in [1.82, 2.24) is 24.5 Å². The largest absolute Gasteiger partial charge is 2.00 e. The Morgan fingerprint density at radius 1 is 0.646 bits per heavy atom. The van der Waals surface area contributed by atoms with Crippen LogP contribution in [0.2, 0.25) is 0 Å². The average Bonchev–Trinajstić information content (AvgIpc) is 3.65. The zero-order chi connectivity index (χ0) is 31.7. The zero-order valence-corrected chi connectivity index (χ0v) is 29.7. The number of pyridine rings is 3. The standard InChI is InChI=1S/C23H18N3.C18H12N3.Zn/c1-15-14-16(2)25-22(15)18-10-6-11-19-21(18)23-20(12-7-13-24-23)26(19)17-8-4-3-5-9-17;1-3-7-15-13(5-1)9-11-19-17(15)21-18-16-8-4-2-6-14(16)10-12-20-18;/h3-14H,1-2H3;1-12H;/q2*-1;+2. The molecule has 0 aliphatic heterocycles. The number of hydrogen-bond donors (Lipinski definition) is 0. The number of rotatable bonds is 3. The van der Waals surface area contributed by atoms with E-state index in [-0.39, 0.29) is 19.5 Å². The summed E-state index contributed by atoms with van der Waals surface area (Å²) >= 11 is 0. The summed E-state index contributed by atoms with van der Waals surface area (Å²) in [4.78, 5) is 23.0. The molecule has 9 rings (SSSR count). The molecular weight excluding hydrogens is 642 g/mol. The first-order valence-corrected chi connectivity index (χ1v) is 15.6. The number of nitrogens with zero attached hydrogens (tertiary/aromatic N) is 6. The fourth-order valence-corrected chi connectivity index (χ4v) is 6.36. The molecule has 48 heavy (non-hydrogen) atoms. The van der Waals surface area contributed by atoms with E-state index in [4.69, 9.17) is 9.97 Å². The third-order valence-electron chi connectivity index (χ3n) is 8.42. The van der Waals surface area contributed by atoms with Crippen LogP contribution in [0, 0.1) is 13.8 Å². The molecule has 4 aromatic carbocycles. The van der Waals surface area contributed by atoms with Crippen LogP contribution in [0.5, 0.6) is 0 Å². The summed E-state index contributed by atoms with van der Waals surface area (Å²) in [6.45, 7) is 4.17. The quantitative estimate of drug-likeness (QED) is 0.176. The SMILES string of the molecule is Cc1cc(C)c(-c2cccc3c2c2ncccc2n3-c2ccccc2)[n-]1.[Zn+2].c1ccc2c(N=c3[n-]ccc4ccccc34)nccc2c1. The number of aryl methyl sites for hydroxylation is 2. The molecule has 5 aromatic heterocycles. The molecule has 0 bridgehead atoms. The van der Waals surface area contributed by atoms with Gasteiger partial charge < -0.3 is 19.5 Å². The first kappa shape index (κ1) is 31.0. The predicted molar refractivity (Wildman–Crippen MR) is 191 cm³/mol. The Morgan fingerprint density at radius 3 is 2.17 bits per heavy atom. The Balaban J connectivity index is 0.000000152. The van der Waals surface area contributed by atoms with Crippen LogP contribution >= 0.6 is 0 Å². The van der Waals surface area contributed by atoms with Crippen LogP contribution in [0.4, 0.5) is 5.82 Å². The molecule has 0 aliphatic rings. The van der Waals surface area contributed by atoms with Gasteiger partial charge in [-0.05, 0) is 70.5 Å². The number of hydrogen-bond acceptors (Lipinski definition) is 3. The normalized spacial score (nSPS) is 11.5. The summed E-state index contributed by atoms with van der Waals surface area (Å²) in [7, 11) is 0. The molecule has 0 amide bonds. The second-order valence-electron chi connectivity index (χ2n) is 11.5. The molecule has 7 heteroatoms. The van der Waals surface area contributed by atoms with Crippen LogP contribution in [-0.4, -0.2) is 14.5 Å². The Labute approximate surface area is 290 Å². The minimum Gasteiger partial charge on any atom is -0.661 e. The molecule has 9 aromatic rings. The molecule has 0 unspecified atom stereocenters. The minimum atomic E-state index is 0. The Kier molecular flexibility index (Phi) is 8.54. The maximum Gasteiger partial charge on any atom is 2.00 e. The monoisotopic (exact) mass is 670 g/mol. The maximum atomic E-state index is 4.78. The second-order valence-corrected chi connectivity index (χ2v) is 11.5. The van der Waals surface area contributed by atoms with Gasteiger partial charge in [-0.3, -0.25) is 9.97 Å². The van der Waals surface area contributed by atoms with Gasteiger partial charge in [0.15, 0.2) is 0 Å². The molecule has 0 spiro atoms. The third kappa shape index (κ3) is 5.63. The van der Waals surface area contributed by atoms with Crippen LogP contribution in [0.1, 0.15) is 11.3 Å². The molecule has 0 saturated heterocycles. The van der Waals surface area contributed by atoms with Gasteiger partial charge in [0, 0.05) is 28.9 Å². The van der Waals surface area contributed by atoms with E-state index in [9.17, 15) is 0 Å². The first-order valence-electron chi connectivity index (χ1n) is 15.6. The smallest absolute Gasteiger partial charge is 0.661 e. The van der Waals surface area contributed by atoms with E-state index in [0.29, 0.717) is 11.3 Å². The molecule has 0 saturated carbocycles. The summed E-state index contributed by atoms with van der Waals surface area (Å²) in [5, 5.41) is 5.50. The van der Waals surface area contributed by atoms with Crippen LogP contribution < -0.4 is 15.5 Å². The average molecular weight is 672 g/mol. The topological polar surface area (TPSA) is 71.3 Å². The molecule has 0 atom stereocenters. The van der Waals surface area contributed by atoms with Crippen molar-refractivity contribution < 1.29 is 19.5 Å². The zero-order valence-electron chi connectivity index (χ0n) is 26.7. The summed E-state index contributed by atoms with van der Waals surface area (Å²) in [6.07, 6.45) is 5.43. The van der Waals surface area contributed by atoms with E-state index in [1.807, 2.05) is 73.8 Å². The summed E-state index contributed by atoms with van der Waals surface area (Å²) in [6, 6.07) is 43.4. The summed E-state index contributed by atoms with van der Waals surface area (Å²) in [5.74, 6) is 0.706. The molecule has 0 N–H and O–H groups in total. The molecule has 0 aliphatic carbocycles. The Morgan fingerprint density at radius 2 is 1.38 bits per heavy atom. The first-order chi connectivity index (χ1) is 23.2. The van der Waals surface area contributed by atoms with E-state index in [2.05, 4.69) is 93.2 Å². The number of para-hydroxylation sites is 1. The van der Waals surface area contributed by atoms with Crippen LogP contribution in [-0.2, 0) is 19.5 Å². The molecular formula is C41H30N6Zn. The minimum absolute atomic E-state index is 0. The van der Waals surface area contributed by atoms with Crippen molar-refractivity contribution in [2.45, 2.75) is 13.8 Å². The Hall–Kier alpha value is -5.65. The third-order valence-corrected chi connectivity index (χ3v) is 8.42. The van der Waals surface area contributed by atoms with Crippen molar-refractivity contribution >= 4 is 49.3 Å². The molecule has 6 nitrogen and oxygen atoms in total. The van der Waals surface area contributed by atoms with E-state index in [1.54, 1.807) is 12.4 Å². The van der Waals surface area contributed by atoms with Gasteiger partial charge in [-0.2, -0.15) is 5.69 Å². The molecule has 226 valence electrons. The van der Waals surface area contributed by atoms with Crippen LogP contribution in [0.25, 0.3) is 60.4 Å². The predicted octanol–water partition coefficient (Wildman–Crippen LogP) is 8.99. The van der Waals surface area contributed by atoms with Crippen LogP contribution in [0.3, 0.4) is 0 Å². The van der Waals surface area contributed by atoms with Gasteiger partial charge in [0.25, 0.3) is 0 Å². The molecule has 0 fully saturated rings. The molecule has 5 heterocycles. The maximum absolute atomic E-state index is 4.78. The fraction of sp³-hybridized carbons (Fsp3) is 0.0488. The van der Waals surface area contributed by atoms with Gasteiger partial charge in [0.2, 0.25) is 0 Å². The van der Waals surface area contributed by atoms with Crippen LogP contribution in [0.15, 0.2) is 151 Å². The van der Waals surface area contributed by atoms with Crippen molar-refractivity contribution in [2.24, 2.45) is 4.99 Å². The van der Waals surface area contributed by atoms with Crippen molar-refractivity contribution in [1.29, 1.82) is 0 Å². The fourth-order valence-electron chi connectivity index (χ4n) is 6.36. The Bertz CT molecular complexity index is 2600. The van der Waals surface area contributed by atoms with Crippen molar-refractivity contribution in [3.05, 3.63) is 163 Å². The van der Waals surface area contributed by atoms with Gasteiger partial charge >= 0.3 is 19.5 Å². The van der Waals surface area contributed by atoms with Gasteiger partial charge in [0.1, 0.15) is 0 Å². The van der Waals surface area contributed by atoms with E-state index < -0.39 is 0 Å². The summed E-state index contributed by atoms with van der Waals surface area (Å²) < 4.78 is 2.28. The van der Waals surface area contributed by atoms with Gasteiger partial charge in [-0.1, -0.05) is 110 Å². The van der Waals surface area contributed by atoms with E-state index in [0.717, 1.165) is 66.1 Å². The second kappa shape index (κ2) is 13.2. The van der Waals surface area contributed by atoms with Crippen molar-refractivity contribution in [3.8, 4) is 16.9 Å². The van der Waals surface area contributed by atoms with Crippen molar-refractivity contribution in [3.63, 3.8) is 0 Å². The number of benzene rings is 4.